The number of hydrogen-bond donors (Lipinski definition) is 3. The molecule has 230 valence electrons. The molecule has 0 aliphatic heterocycles. The number of carbonyl (C=O) groups is 3. The van der Waals surface area contributed by atoms with E-state index in [0.717, 1.165) is 47.9 Å². The van der Waals surface area contributed by atoms with Crippen LogP contribution in [0.3, 0.4) is 0 Å². The van der Waals surface area contributed by atoms with Crippen LogP contribution in [0.1, 0.15) is 101 Å². The number of benzene rings is 2. The molecule has 8 heteroatoms. The molecule has 42 heavy (non-hydrogen) atoms. The standard InChI is InChI=1S/C34H49N3O5/c1-8-24(4)37(30(26-19-22(2)18-23(3)20-26)31(39)35-27-12-10-9-11-13-27)32(40)29(36-33(41)42-34(5,6)7)21-25-14-16-28(38)17-15-25/h14-20,24,27,29-30,38H,8-13,21H2,1-7H3,(H,35,39)(H,36,41). The van der Waals surface area contributed by atoms with E-state index in [1.807, 2.05) is 45.9 Å². The minimum atomic E-state index is -1.01. The van der Waals surface area contributed by atoms with E-state index in [1.54, 1.807) is 49.9 Å². The van der Waals surface area contributed by atoms with Gasteiger partial charge in [0, 0.05) is 18.5 Å². The van der Waals surface area contributed by atoms with Gasteiger partial charge in [0.15, 0.2) is 0 Å². The van der Waals surface area contributed by atoms with Crippen molar-refractivity contribution in [3.63, 3.8) is 0 Å². The van der Waals surface area contributed by atoms with E-state index in [2.05, 4.69) is 10.6 Å². The Balaban J connectivity index is 2.07. The van der Waals surface area contributed by atoms with E-state index in [0.29, 0.717) is 6.42 Å². The predicted octanol–water partition coefficient (Wildman–Crippen LogP) is 6.26. The van der Waals surface area contributed by atoms with Crippen LogP contribution in [0.15, 0.2) is 42.5 Å². The Morgan fingerprint density at radius 2 is 1.60 bits per heavy atom. The zero-order valence-electron chi connectivity index (χ0n) is 26.3. The third-order valence-corrected chi connectivity index (χ3v) is 7.72. The second-order valence-corrected chi connectivity index (χ2v) is 12.7. The molecule has 0 radical (unpaired) electrons. The number of aromatic hydroxyl groups is 1. The number of nitrogens with one attached hydrogen (secondary N) is 2. The van der Waals surface area contributed by atoms with Gasteiger partial charge < -0.3 is 25.4 Å². The van der Waals surface area contributed by atoms with Crippen molar-refractivity contribution in [3.8, 4) is 5.75 Å². The van der Waals surface area contributed by atoms with Crippen LogP contribution in [-0.2, 0) is 20.7 Å². The summed E-state index contributed by atoms with van der Waals surface area (Å²) in [4.78, 5) is 43.4. The van der Waals surface area contributed by atoms with Crippen molar-refractivity contribution in [1.82, 2.24) is 15.5 Å². The van der Waals surface area contributed by atoms with Gasteiger partial charge in [-0.2, -0.15) is 0 Å². The Kier molecular flexibility index (Phi) is 11.4. The molecule has 0 saturated heterocycles. The highest BCUT2D eigenvalue weighted by Gasteiger charge is 2.39. The van der Waals surface area contributed by atoms with Gasteiger partial charge in [-0.25, -0.2) is 4.79 Å². The first-order valence-corrected chi connectivity index (χ1v) is 15.3. The summed E-state index contributed by atoms with van der Waals surface area (Å²) in [6.07, 6.45) is 5.22. The highest BCUT2D eigenvalue weighted by molar-refractivity contribution is 5.92. The molecule has 3 amide bonds. The molecular weight excluding hydrogens is 530 g/mol. The van der Waals surface area contributed by atoms with Gasteiger partial charge in [0.1, 0.15) is 23.4 Å². The molecule has 0 spiro atoms. The minimum absolute atomic E-state index is 0.0706. The van der Waals surface area contributed by atoms with Crippen LogP contribution in [0.4, 0.5) is 4.79 Å². The molecule has 1 aliphatic carbocycles. The van der Waals surface area contributed by atoms with Crippen molar-refractivity contribution in [2.75, 3.05) is 0 Å². The number of ether oxygens (including phenoxy) is 1. The number of phenols is 1. The first kappa shape index (κ1) is 33.0. The van der Waals surface area contributed by atoms with E-state index in [1.165, 1.54) is 6.42 Å². The SMILES string of the molecule is CCC(C)N(C(=O)C(Cc1ccc(O)cc1)NC(=O)OC(C)(C)C)C(C(=O)NC1CCCCC1)c1cc(C)cc(C)c1. The van der Waals surface area contributed by atoms with E-state index in [-0.39, 0.29) is 36.1 Å². The molecule has 0 heterocycles. The van der Waals surface area contributed by atoms with Gasteiger partial charge in [0.25, 0.3) is 0 Å². The quantitative estimate of drug-likeness (QED) is 0.308. The maximum atomic E-state index is 14.6. The second-order valence-electron chi connectivity index (χ2n) is 12.7. The van der Waals surface area contributed by atoms with Gasteiger partial charge in [0.2, 0.25) is 11.8 Å². The Bertz CT molecular complexity index is 1190. The van der Waals surface area contributed by atoms with Crippen LogP contribution >= 0.6 is 0 Å². The van der Waals surface area contributed by atoms with Gasteiger partial charge in [-0.05, 0) is 84.1 Å². The Hall–Kier alpha value is -3.55. The summed E-state index contributed by atoms with van der Waals surface area (Å²) in [7, 11) is 0. The molecule has 8 nitrogen and oxygen atoms in total. The Morgan fingerprint density at radius 3 is 2.14 bits per heavy atom. The maximum absolute atomic E-state index is 14.6. The average molecular weight is 580 g/mol. The van der Waals surface area contributed by atoms with E-state index in [9.17, 15) is 19.5 Å². The molecule has 1 fully saturated rings. The molecule has 0 bridgehead atoms. The number of rotatable bonds is 10. The number of nitrogens with zero attached hydrogens (tertiary/aromatic N) is 1. The Labute approximate surface area is 251 Å². The highest BCUT2D eigenvalue weighted by atomic mass is 16.6. The van der Waals surface area contributed by atoms with E-state index < -0.39 is 23.8 Å². The van der Waals surface area contributed by atoms with Crippen molar-refractivity contribution in [2.45, 2.75) is 123 Å². The molecule has 1 aliphatic rings. The van der Waals surface area contributed by atoms with E-state index >= 15 is 0 Å². The third-order valence-electron chi connectivity index (χ3n) is 7.72. The Morgan fingerprint density at radius 1 is 1.00 bits per heavy atom. The van der Waals surface area contributed by atoms with Gasteiger partial charge in [-0.15, -0.1) is 0 Å². The predicted molar refractivity (Wildman–Crippen MR) is 165 cm³/mol. The topological polar surface area (TPSA) is 108 Å². The first-order chi connectivity index (χ1) is 19.8. The van der Waals surface area contributed by atoms with Gasteiger partial charge in [-0.3, -0.25) is 9.59 Å². The summed E-state index contributed by atoms with van der Waals surface area (Å²) < 4.78 is 5.53. The summed E-state index contributed by atoms with van der Waals surface area (Å²) in [6, 6.07) is 10.4. The maximum Gasteiger partial charge on any atom is 0.408 e. The molecular formula is C34H49N3O5. The summed E-state index contributed by atoms with van der Waals surface area (Å²) in [6.45, 7) is 13.2. The zero-order chi connectivity index (χ0) is 31.0. The summed E-state index contributed by atoms with van der Waals surface area (Å²) in [5, 5.41) is 15.9. The molecule has 0 aromatic heterocycles. The lowest BCUT2D eigenvalue weighted by Gasteiger charge is -2.39. The lowest BCUT2D eigenvalue weighted by molar-refractivity contribution is -0.145. The molecule has 2 aromatic rings. The number of aryl methyl sites for hydroxylation is 2. The largest absolute Gasteiger partial charge is 0.508 e. The van der Waals surface area contributed by atoms with Crippen LogP contribution in [0.25, 0.3) is 0 Å². The summed E-state index contributed by atoms with van der Waals surface area (Å²) in [5.41, 5.74) is 2.75. The van der Waals surface area contributed by atoms with E-state index in [4.69, 9.17) is 4.74 Å². The van der Waals surface area contributed by atoms with Crippen molar-refractivity contribution in [3.05, 3.63) is 64.7 Å². The second kappa shape index (κ2) is 14.6. The monoisotopic (exact) mass is 579 g/mol. The fourth-order valence-electron chi connectivity index (χ4n) is 5.63. The van der Waals surface area contributed by atoms with Gasteiger partial charge in [-0.1, -0.05) is 67.6 Å². The lowest BCUT2D eigenvalue weighted by Crippen LogP contribution is -2.56. The van der Waals surface area contributed by atoms with Crippen LogP contribution in [-0.4, -0.2) is 51.6 Å². The molecule has 3 rings (SSSR count). The summed E-state index contributed by atoms with van der Waals surface area (Å²) >= 11 is 0. The fourth-order valence-corrected chi connectivity index (χ4v) is 5.63. The summed E-state index contributed by atoms with van der Waals surface area (Å²) in [5.74, 6) is -0.468. The van der Waals surface area contributed by atoms with Crippen molar-refractivity contribution in [1.29, 1.82) is 0 Å². The van der Waals surface area contributed by atoms with Crippen LogP contribution in [0.5, 0.6) is 5.75 Å². The number of hydrogen-bond acceptors (Lipinski definition) is 5. The van der Waals surface area contributed by atoms with Crippen LogP contribution in [0, 0.1) is 13.8 Å². The molecule has 3 unspecified atom stereocenters. The first-order valence-electron chi connectivity index (χ1n) is 15.3. The van der Waals surface area contributed by atoms with Gasteiger partial charge >= 0.3 is 6.09 Å². The highest BCUT2D eigenvalue weighted by Crippen LogP contribution is 2.29. The van der Waals surface area contributed by atoms with Crippen molar-refractivity contribution in [2.24, 2.45) is 0 Å². The fraction of sp³-hybridized carbons (Fsp3) is 0.559. The minimum Gasteiger partial charge on any atom is -0.508 e. The average Bonchev–Trinajstić information content (AvgIpc) is 2.90. The van der Waals surface area contributed by atoms with Crippen molar-refractivity contribution < 1.29 is 24.2 Å². The molecule has 3 N–H and O–H groups in total. The number of alkyl carbamates (subject to hydrolysis) is 1. The normalized spacial score (nSPS) is 16.2. The number of amides is 3. The number of carbonyl (C=O) groups excluding carboxylic acids is 3. The van der Waals surface area contributed by atoms with Crippen molar-refractivity contribution >= 4 is 17.9 Å². The molecule has 1 saturated carbocycles. The number of phenolic OH excluding ortho intramolecular Hbond substituents is 1. The molecule has 2 aromatic carbocycles. The smallest absolute Gasteiger partial charge is 0.408 e. The third kappa shape index (κ3) is 9.50. The van der Waals surface area contributed by atoms with Crippen LogP contribution in [0.2, 0.25) is 0 Å². The zero-order valence-corrected chi connectivity index (χ0v) is 26.3. The van der Waals surface area contributed by atoms with Gasteiger partial charge in [0.05, 0.1) is 0 Å². The lowest BCUT2D eigenvalue weighted by atomic mass is 9.93. The van der Waals surface area contributed by atoms with Crippen LogP contribution < -0.4 is 10.6 Å². The molecule has 3 atom stereocenters.